The predicted molar refractivity (Wildman–Crippen MR) is 49.0 cm³/mol. The summed E-state index contributed by atoms with van der Waals surface area (Å²) in [4.78, 5) is 0. The van der Waals surface area contributed by atoms with E-state index in [0.29, 0.717) is 5.31 Å². The van der Waals surface area contributed by atoms with Gasteiger partial charge in [0.15, 0.2) is 0 Å². The fraction of sp³-hybridized carbons (Fsp3) is 1.00. The molecule has 0 amide bonds. The quantitative estimate of drug-likeness (QED) is 0.506. The Balaban J connectivity index is 3.58. The van der Waals surface area contributed by atoms with Crippen molar-refractivity contribution in [3.63, 3.8) is 0 Å². The van der Waals surface area contributed by atoms with Gasteiger partial charge in [0.05, 0.1) is 13.8 Å². The van der Waals surface area contributed by atoms with Gasteiger partial charge >= 0.3 is 0 Å². The Labute approximate surface area is 60.7 Å². The summed E-state index contributed by atoms with van der Waals surface area (Å²) in [7, 11) is 1.35. The van der Waals surface area contributed by atoms with Gasteiger partial charge in [-0.25, -0.2) is 0 Å². The van der Waals surface area contributed by atoms with Crippen LogP contribution in [-0.2, 0) is 0 Å². The van der Waals surface area contributed by atoms with E-state index >= 15 is 0 Å². The zero-order valence-electron chi connectivity index (χ0n) is 7.49. The molecule has 0 radical (unpaired) electrons. The van der Waals surface area contributed by atoms with Crippen LogP contribution in [0.15, 0.2) is 0 Å². The molecule has 0 N–H and O–H groups in total. The monoisotopic (exact) mass is 124 g/mol. The highest BCUT2D eigenvalue weighted by atomic mass is 14.0. The van der Waals surface area contributed by atoms with Gasteiger partial charge in [0.1, 0.15) is 0 Å². The van der Waals surface area contributed by atoms with E-state index in [-0.39, 0.29) is 0 Å². The Morgan fingerprint density at radius 2 is 1.78 bits per heavy atom. The SMILES string of the molecule is CCC(C)(C)BB(C)C. The minimum absolute atomic E-state index is 0.564. The van der Waals surface area contributed by atoms with Crippen molar-refractivity contribution in [3.8, 4) is 0 Å². The third-order valence-corrected chi connectivity index (χ3v) is 1.92. The molecule has 0 aromatic rings. The summed E-state index contributed by atoms with van der Waals surface area (Å²) in [5.41, 5.74) is 0. The van der Waals surface area contributed by atoms with Crippen LogP contribution in [0.25, 0.3) is 0 Å². The minimum atomic E-state index is 0.564. The third-order valence-electron chi connectivity index (χ3n) is 1.92. The van der Waals surface area contributed by atoms with Gasteiger partial charge in [-0.2, -0.15) is 0 Å². The van der Waals surface area contributed by atoms with Crippen molar-refractivity contribution in [3.05, 3.63) is 0 Å². The highest BCUT2D eigenvalue weighted by Crippen LogP contribution is 2.26. The summed E-state index contributed by atoms with van der Waals surface area (Å²) in [6, 6.07) is 0. The van der Waals surface area contributed by atoms with E-state index in [0.717, 1.165) is 6.60 Å². The van der Waals surface area contributed by atoms with E-state index in [1.54, 1.807) is 0 Å². The Morgan fingerprint density at radius 3 is 1.89 bits per heavy atom. The first-order valence-corrected chi connectivity index (χ1v) is 3.98. The van der Waals surface area contributed by atoms with Crippen molar-refractivity contribution in [1.29, 1.82) is 0 Å². The molecule has 9 heavy (non-hydrogen) atoms. The van der Waals surface area contributed by atoms with Crippen LogP contribution in [0.3, 0.4) is 0 Å². The number of hydrogen-bond donors (Lipinski definition) is 0. The summed E-state index contributed by atoms with van der Waals surface area (Å²) < 4.78 is 0. The first-order valence-electron chi connectivity index (χ1n) is 3.98. The number of rotatable bonds is 3. The molecule has 0 aliphatic heterocycles. The van der Waals surface area contributed by atoms with Crippen molar-refractivity contribution < 1.29 is 0 Å². The molecule has 0 bridgehead atoms. The van der Waals surface area contributed by atoms with Crippen molar-refractivity contribution in [1.82, 2.24) is 0 Å². The lowest BCUT2D eigenvalue weighted by molar-refractivity contribution is 0.650. The lowest BCUT2D eigenvalue weighted by Gasteiger charge is -2.22. The lowest BCUT2D eigenvalue weighted by Crippen LogP contribution is -2.24. The normalized spacial score (nSPS) is 11.2. The molecule has 52 valence electrons. The molecule has 0 aliphatic rings. The van der Waals surface area contributed by atoms with E-state index in [9.17, 15) is 0 Å². The minimum Gasteiger partial charge on any atom is -0.0926 e. The van der Waals surface area contributed by atoms with E-state index < -0.39 is 0 Å². The van der Waals surface area contributed by atoms with Crippen LogP contribution in [0.5, 0.6) is 0 Å². The highest BCUT2D eigenvalue weighted by Gasteiger charge is 2.18. The van der Waals surface area contributed by atoms with Crippen LogP contribution < -0.4 is 0 Å². The van der Waals surface area contributed by atoms with Gasteiger partial charge in [-0.15, -0.1) is 0 Å². The summed E-state index contributed by atoms with van der Waals surface area (Å²) in [5, 5.41) is 0.564. The standard InChI is InChI=1S/C7H18B2/c1-6-7(2,3)8-9(4)5/h8H,6H2,1-5H3. The fourth-order valence-electron chi connectivity index (χ4n) is 1.25. The van der Waals surface area contributed by atoms with Gasteiger partial charge in [-0.1, -0.05) is 46.2 Å². The van der Waals surface area contributed by atoms with Gasteiger partial charge in [-0.3, -0.25) is 0 Å². The fourth-order valence-corrected chi connectivity index (χ4v) is 1.25. The smallest absolute Gasteiger partial charge is 0.0926 e. The maximum Gasteiger partial charge on any atom is 0.0984 e. The van der Waals surface area contributed by atoms with E-state index in [1.165, 1.54) is 13.6 Å². The summed E-state index contributed by atoms with van der Waals surface area (Å²) in [6.07, 6.45) is 1.30. The van der Waals surface area contributed by atoms with Crippen molar-refractivity contribution in [2.75, 3.05) is 0 Å². The topological polar surface area (TPSA) is 0 Å². The van der Waals surface area contributed by atoms with Gasteiger partial charge in [0, 0.05) is 0 Å². The molecule has 0 nitrogen and oxygen atoms in total. The second-order valence-corrected chi connectivity index (χ2v) is 4.12. The molecule has 0 atom stereocenters. The molecule has 2 heteroatoms. The first-order chi connectivity index (χ1) is 3.98. The Kier molecular flexibility index (Phi) is 3.38. The Bertz CT molecular complexity index is 77.0. The molecule has 0 aliphatic carbocycles. The molecular weight excluding hydrogens is 106 g/mol. The molecule has 0 rings (SSSR count). The third kappa shape index (κ3) is 4.62. The van der Waals surface area contributed by atoms with Crippen molar-refractivity contribution in [2.24, 2.45) is 0 Å². The Hall–Kier alpha value is 0.130. The van der Waals surface area contributed by atoms with E-state index in [4.69, 9.17) is 0 Å². The molecule has 0 spiro atoms. The maximum absolute atomic E-state index is 2.34. The first kappa shape index (κ1) is 9.13. The molecular formula is C7H18B2. The zero-order valence-corrected chi connectivity index (χ0v) is 7.49. The maximum atomic E-state index is 2.34. The second kappa shape index (κ2) is 3.34. The summed E-state index contributed by atoms with van der Waals surface area (Å²) in [5.74, 6) is 0. The van der Waals surface area contributed by atoms with Gasteiger partial charge < -0.3 is 0 Å². The predicted octanol–water partition coefficient (Wildman–Crippen LogP) is 2.28. The molecule has 0 saturated carbocycles. The molecule has 0 saturated heterocycles. The molecule has 0 aromatic heterocycles. The molecule has 0 unspecified atom stereocenters. The molecule has 0 heterocycles. The average molecular weight is 124 g/mol. The van der Waals surface area contributed by atoms with Crippen LogP contribution in [0.4, 0.5) is 0 Å². The van der Waals surface area contributed by atoms with Crippen LogP contribution in [0.2, 0.25) is 19.0 Å². The molecule has 0 aromatic carbocycles. The largest absolute Gasteiger partial charge is 0.0984 e. The zero-order chi connectivity index (χ0) is 7.49. The molecule has 0 fully saturated rings. The summed E-state index contributed by atoms with van der Waals surface area (Å²) in [6.45, 7) is 12.4. The summed E-state index contributed by atoms with van der Waals surface area (Å²) >= 11 is 0. The second-order valence-electron chi connectivity index (χ2n) is 4.12. The van der Waals surface area contributed by atoms with Crippen LogP contribution in [-0.4, -0.2) is 13.8 Å². The van der Waals surface area contributed by atoms with Gasteiger partial charge in [-0.05, 0) is 0 Å². The van der Waals surface area contributed by atoms with E-state index in [2.05, 4.69) is 34.4 Å². The van der Waals surface area contributed by atoms with Crippen molar-refractivity contribution in [2.45, 2.75) is 46.2 Å². The van der Waals surface area contributed by atoms with Gasteiger partial charge in [0.2, 0.25) is 0 Å². The van der Waals surface area contributed by atoms with E-state index in [1.807, 2.05) is 0 Å². The van der Waals surface area contributed by atoms with Crippen LogP contribution in [0, 0.1) is 0 Å². The van der Waals surface area contributed by atoms with Gasteiger partial charge in [0.25, 0.3) is 0 Å². The van der Waals surface area contributed by atoms with Crippen molar-refractivity contribution >= 4 is 13.8 Å². The van der Waals surface area contributed by atoms with Crippen LogP contribution >= 0.6 is 0 Å². The van der Waals surface area contributed by atoms with Crippen LogP contribution in [0.1, 0.15) is 27.2 Å². The lowest BCUT2D eigenvalue weighted by atomic mass is 9.17. The Morgan fingerprint density at radius 1 is 1.33 bits per heavy atom. The highest BCUT2D eigenvalue weighted by molar-refractivity contribution is 7.12. The number of hydrogen-bond acceptors (Lipinski definition) is 0. The average Bonchev–Trinajstić information content (AvgIpc) is 1.63.